The molecule has 0 bridgehead atoms. The van der Waals surface area contributed by atoms with Gasteiger partial charge in [0.2, 0.25) is 5.91 Å². The normalized spacial score (nSPS) is 18.1. The summed E-state index contributed by atoms with van der Waals surface area (Å²) in [6.45, 7) is 5.31. The van der Waals surface area contributed by atoms with Crippen LogP contribution in [-0.4, -0.2) is 47.4 Å². The standard InChI is InChI=1S/C12H19N5O2S/c1-3-14-12-16-10(13)9(20-12)11(19)17-5-4-8(6-17)15-7(2)18/h8H,3-6,13H2,1-2H3,(H,14,16)(H,15,18). The minimum Gasteiger partial charge on any atom is -0.382 e. The lowest BCUT2D eigenvalue weighted by molar-refractivity contribution is -0.119. The smallest absolute Gasteiger partial charge is 0.267 e. The molecule has 1 unspecified atom stereocenters. The van der Waals surface area contributed by atoms with Crippen LogP contribution in [0, 0.1) is 0 Å². The number of likely N-dealkylation sites (tertiary alicyclic amines) is 1. The third-order valence-corrected chi connectivity index (χ3v) is 4.08. The van der Waals surface area contributed by atoms with Crippen LogP contribution in [0.4, 0.5) is 10.9 Å². The maximum Gasteiger partial charge on any atom is 0.267 e. The second-order valence-corrected chi connectivity index (χ2v) is 5.70. The molecule has 1 aromatic rings. The minimum atomic E-state index is -0.114. The van der Waals surface area contributed by atoms with Crippen LogP contribution in [0.5, 0.6) is 0 Å². The average Bonchev–Trinajstić information content (AvgIpc) is 2.95. The van der Waals surface area contributed by atoms with E-state index in [4.69, 9.17) is 5.73 Å². The SMILES string of the molecule is CCNc1nc(N)c(C(=O)N2CCC(NC(C)=O)C2)s1. The Labute approximate surface area is 121 Å². The zero-order valence-corrected chi connectivity index (χ0v) is 12.4. The maximum atomic E-state index is 12.4. The first-order valence-electron chi connectivity index (χ1n) is 6.57. The number of anilines is 2. The van der Waals surface area contributed by atoms with E-state index in [1.54, 1.807) is 4.90 Å². The Kier molecular flexibility index (Phi) is 4.43. The number of hydrogen-bond acceptors (Lipinski definition) is 6. The van der Waals surface area contributed by atoms with E-state index in [2.05, 4.69) is 15.6 Å². The molecule has 1 saturated heterocycles. The van der Waals surface area contributed by atoms with Crippen molar-refractivity contribution in [1.29, 1.82) is 0 Å². The molecule has 110 valence electrons. The molecular weight excluding hydrogens is 278 g/mol. The van der Waals surface area contributed by atoms with Gasteiger partial charge in [0, 0.05) is 32.6 Å². The van der Waals surface area contributed by atoms with Crippen molar-refractivity contribution in [2.24, 2.45) is 0 Å². The van der Waals surface area contributed by atoms with Gasteiger partial charge in [-0.15, -0.1) is 0 Å². The average molecular weight is 297 g/mol. The summed E-state index contributed by atoms with van der Waals surface area (Å²) in [6, 6.07) is 0.0267. The number of aromatic nitrogens is 1. The number of amides is 2. The van der Waals surface area contributed by atoms with Gasteiger partial charge in [-0.1, -0.05) is 11.3 Å². The van der Waals surface area contributed by atoms with Crippen molar-refractivity contribution in [2.45, 2.75) is 26.3 Å². The number of rotatable bonds is 4. The number of nitrogens with two attached hydrogens (primary N) is 1. The summed E-state index contributed by atoms with van der Waals surface area (Å²) in [5.41, 5.74) is 5.80. The van der Waals surface area contributed by atoms with Crippen LogP contribution in [0.1, 0.15) is 29.9 Å². The summed E-state index contributed by atoms with van der Waals surface area (Å²) in [4.78, 5) is 29.7. The van der Waals surface area contributed by atoms with Crippen LogP contribution in [0.2, 0.25) is 0 Å². The highest BCUT2D eigenvalue weighted by molar-refractivity contribution is 7.18. The third kappa shape index (κ3) is 3.19. The van der Waals surface area contributed by atoms with Gasteiger partial charge in [-0.25, -0.2) is 4.98 Å². The van der Waals surface area contributed by atoms with E-state index in [9.17, 15) is 9.59 Å². The lowest BCUT2D eigenvalue weighted by Gasteiger charge is -2.15. The summed E-state index contributed by atoms with van der Waals surface area (Å²) >= 11 is 1.27. The molecule has 20 heavy (non-hydrogen) atoms. The number of hydrogen-bond donors (Lipinski definition) is 3. The fourth-order valence-electron chi connectivity index (χ4n) is 2.21. The molecular formula is C12H19N5O2S. The zero-order chi connectivity index (χ0) is 14.7. The molecule has 1 atom stereocenters. The van der Waals surface area contributed by atoms with Crippen LogP contribution >= 0.6 is 11.3 Å². The fraction of sp³-hybridized carbons (Fsp3) is 0.583. The molecule has 1 aliphatic rings. The van der Waals surface area contributed by atoms with E-state index in [0.717, 1.165) is 13.0 Å². The largest absolute Gasteiger partial charge is 0.382 e. The lowest BCUT2D eigenvalue weighted by atomic mass is 10.2. The van der Waals surface area contributed by atoms with Crippen molar-refractivity contribution in [1.82, 2.24) is 15.2 Å². The second-order valence-electron chi connectivity index (χ2n) is 4.70. The van der Waals surface area contributed by atoms with Crippen molar-refractivity contribution in [3.63, 3.8) is 0 Å². The highest BCUT2D eigenvalue weighted by Crippen LogP contribution is 2.27. The molecule has 0 spiro atoms. The van der Waals surface area contributed by atoms with Crippen LogP contribution < -0.4 is 16.4 Å². The first kappa shape index (κ1) is 14.6. The van der Waals surface area contributed by atoms with E-state index in [-0.39, 0.29) is 23.7 Å². The van der Waals surface area contributed by atoms with Gasteiger partial charge in [0.1, 0.15) is 10.7 Å². The van der Waals surface area contributed by atoms with Crippen molar-refractivity contribution in [3.05, 3.63) is 4.88 Å². The maximum absolute atomic E-state index is 12.4. The van der Waals surface area contributed by atoms with E-state index >= 15 is 0 Å². The number of nitrogens with one attached hydrogen (secondary N) is 2. The molecule has 0 saturated carbocycles. The van der Waals surface area contributed by atoms with E-state index in [1.807, 2.05) is 6.92 Å². The van der Waals surface area contributed by atoms with Crippen LogP contribution in [0.15, 0.2) is 0 Å². The molecule has 1 aliphatic heterocycles. The Hall–Kier alpha value is -1.83. The molecule has 7 nitrogen and oxygen atoms in total. The number of carbonyl (C=O) groups excluding carboxylic acids is 2. The van der Waals surface area contributed by atoms with E-state index in [1.165, 1.54) is 18.3 Å². The Bertz CT molecular complexity index is 516. The van der Waals surface area contributed by atoms with Gasteiger partial charge in [0.05, 0.1) is 0 Å². The number of carbonyl (C=O) groups is 2. The molecule has 0 aliphatic carbocycles. The van der Waals surface area contributed by atoms with E-state index in [0.29, 0.717) is 23.1 Å². The molecule has 1 fully saturated rings. The highest BCUT2D eigenvalue weighted by atomic mass is 32.1. The Morgan fingerprint density at radius 2 is 2.30 bits per heavy atom. The predicted molar refractivity (Wildman–Crippen MR) is 78.8 cm³/mol. The number of nitrogens with zero attached hydrogens (tertiary/aromatic N) is 2. The molecule has 0 radical (unpaired) electrons. The Morgan fingerprint density at radius 3 is 2.95 bits per heavy atom. The number of thiazole rings is 1. The van der Waals surface area contributed by atoms with Crippen molar-refractivity contribution < 1.29 is 9.59 Å². The van der Waals surface area contributed by atoms with Gasteiger partial charge in [0.25, 0.3) is 5.91 Å². The second kappa shape index (κ2) is 6.08. The molecule has 8 heteroatoms. The fourth-order valence-corrected chi connectivity index (χ4v) is 3.13. The van der Waals surface area contributed by atoms with Gasteiger partial charge < -0.3 is 21.3 Å². The summed E-state index contributed by atoms with van der Waals surface area (Å²) in [6.07, 6.45) is 0.768. The van der Waals surface area contributed by atoms with Crippen molar-refractivity contribution in [3.8, 4) is 0 Å². The monoisotopic (exact) mass is 297 g/mol. The summed E-state index contributed by atoms with van der Waals surface area (Å²) in [5.74, 6) is 0.0759. The Morgan fingerprint density at radius 1 is 1.55 bits per heavy atom. The predicted octanol–water partition coefficient (Wildman–Crippen LogP) is 0.508. The first-order chi connectivity index (χ1) is 9.51. The van der Waals surface area contributed by atoms with Gasteiger partial charge in [-0.05, 0) is 13.3 Å². The van der Waals surface area contributed by atoms with Crippen molar-refractivity contribution in [2.75, 3.05) is 30.7 Å². The molecule has 1 aromatic heterocycles. The third-order valence-electron chi connectivity index (χ3n) is 3.06. The lowest BCUT2D eigenvalue weighted by Crippen LogP contribution is -2.37. The molecule has 4 N–H and O–H groups in total. The summed E-state index contributed by atoms with van der Waals surface area (Å²) in [7, 11) is 0. The van der Waals surface area contributed by atoms with E-state index < -0.39 is 0 Å². The van der Waals surface area contributed by atoms with Gasteiger partial charge in [0.15, 0.2) is 5.13 Å². The summed E-state index contributed by atoms with van der Waals surface area (Å²) < 4.78 is 0. The van der Waals surface area contributed by atoms with Crippen LogP contribution in [-0.2, 0) is 4.79 Å². The van der Waals surface area contributed by atoms with Gasteiger partial charge in [-0.3, -0.25) is 9.59 Å². The highest BCUT2D eigenvalue weighted by Gasteiger charge is 2.29. The molecule has 2 heterocycles. The number of nitrogen functional groups attached to an aromatic ring is 1. The first-order valence-corrected chi connectivity index (χ1v) is 7.39. The molecule has 0 aromatic carbocycles. The van der Waals surface area contributed by atoms with Crippen molar-refractivity contribution >= 4 is 34.1 Å². The quantitative estimate of drug-likeness (QED) is 0.752. The summed E-state index contributed by atoms with van der Waals surface area (Å²) in [5, 5.41) is 6.54. The molecule has 2 amide bonds. The minimum absolute atomic E-state index is 0.0267. The van der Waals surface area contributed by atoms with Gasteiger partial charge >= 0.3 is 0 Å². The Balaban J connectivity index is 2.03. The van der Waals surface area contributed by atoms with Gasteiger partial charge in [-0.2, -0.15) is 0 Å². The molecule has 2 rings (SSSR count). The van der Waals surface area contributed by atoms with Crippen LogP contribution in [0.25, 0.3) is 0 Å². The topological polar surface area (TPSA) is 100 Å². The zero-order valence-electron chi connectivity index (χ0n) is 11.6. The van der Waals surface area contributed by atoms with Crippen LogP contribution in [0.3, 0.4) is 0 Å².